The van der Waals surface area contributed by atoms with Gasteiger partial charge in [-0.15, -0.1) is 0 Å². The lowest BCUT2D eigenvalue weighted by molar-refractivity contribution is -0.119. The van der Waals surface area contributed by atoms with Gasteiger partial charge in [0.25, 0.3) is 5.91 Å². The second kappa shape index (κ2) is 10.2. The molecule has 0 saturated heterocycles. The van der Waals surface area contributed by atoms with Gasteiger partial charge < -0.3 is 10.1 Å². The Bertz CT molecular complexity index is 1620. The molecule has 0 saturated carbocycles. The van der Waals surface area contributed by atoms with Crippen molar-refractivity contribution in [2.45, 2.75) is 13.8 Å². The van der Waals surface area contributed by atoms with Crippen LogP contribution in [-0.4, -0.2) is 33.2 Å². The zero-order valence-electron chi connectivity index (χ0n) is 20.2. The molecule has 2 aromatic heterocycles. The molecule has 0 aliphatic heterocycles. The summed E-state index contributed by atoms with van der Waals surface area (Å²) in [7, 11) is 0. The molecule has 0 atom stereocenters. The van der Waals surface area contributed by atoms with Crippen LogP contribution in [0.2, 0.25) is 5.02 Å². The first-order valence-corrected chi connectivity index (χ1v) is 12.0. The lowest BCUT2D eigenvalue weighted by atomic mass is 10.1. The van der Waals surface area contributed by atoms with Crippen molar-refractivity contribution in [1.29, 1.82) is 0 Å². The van der Waals surface area contributed by atoms with E-state index in [2.05, 4.69) is 10.4 Å². The van der Waals surface area contributed by atoms with E-state index in [4.69, 9.17) is 21.3 Å². The number of esters is 1. The molecule has 0 aliphatic rings. The Kier molecular flexibility index (Phi) is 6.70. The van der Waals surface area contributed by atoms with Gasteiger partial charge in [0, 0.05) is 16.3 Å². The number of pyridine rings is 1. The highest BCUT2D eigenvalue weighted by molar-refractivity contribution is 6.31. The van der Waals surface area contributed by atoms with Crippen molar-refractivity contribution in [1.82, 2.24) is 14.8 Å². The van der Waals surface area contributed by atoms with Gasteiger partial charge in [-0.3, -0.25) is 4.79 Å². The number of rotatable bonds is 6. The number of halogens is 1. The number of anilines is 1. The molecule has 5 rings (SSSR count). The van der Waals surface area contributed by atoms with Crippen molar-refractivity contribution in [2.75, 3.05) is 11.9 Å². The van der Waals surface area contributed by atoms with Crippen LogP contribution in [0, 0.1) is 13.8 Å². The molecule has 0 fully saturated rings. The van der Waals surface area contributed by atoms with Crippen LogP contribution >= 0.6 is 11.6 Å². The number of nitrogens with zero attached hydrogens (tertiary/aromatic N) is 3. The Morgan fingerprint density at radius 2 is 1.65 bits per heavy atom. The molecule has 1 amide bonds. The van der Waals surface area contributed by atoms with Crippen molar-refractivity contribution in [2.24, 2.45) is 0 Å². The van der Waals surface area contributed by atoms with E-state index >= 15 is 0 Å². The fourth-order valence-electron chi connectivity index (χ4n) is 4.08. The van der Waals surface area contributed by atoms with Gasteiger partial charge in [-0.25, -0.2) is 14.5 Å². The molecule has 7 nitrogen and oxygen atoms in total. The Hall–Kier alpha value is -4.49. The Morgan fingerprint density at radius 3 is 2.38 bits per heavy atom. The maximum Gasteiger partial charge on any atom is 0.339 e. The molecule has 37 heavy (non-hydrogen) atoms. The first-order chi connectivity index (χ1) is 17.9. The van der Waals surface area contributed by atoms with Crippen molar-refractivity contribution >= 4 is 40.2 Å². The number of aryl methyl sites for hydroxylation is 2. The van der Waals surface area contributed by atoms with E-state index in [1.54, 1.807) is 28.9 Å². The highest BCUT2D eigenvalue weighted by Crippen LogP contribution is 2.29. The van der Waals surface area contributed by atoms with Gasteiger partial charge >= 0.3 is 5.97 Å². The molecular formula is C29H23ClN4O3. The summed E-state index contributed by atoms with van der Waals surface area (Å²) < 4.78 is 7.16. The summed E-state index contributed by atoms with van der Waals surface area (Å²) in [5.74, 6) is -1.11. The number of carbonyl (C=O) groups is 2. The molecule has 1 N–H and O–H groups in total. The topological polar surface area (TPSA) is 86.1 Å². The first kappa shape index (κ1) is 24.2. The largest absolute Gasteiger partial charge is 0.452 e. The minimum Gasteiger partial charge on any atom is -0.452 e. The number of hydrogen-bond acceptors (Lipinski definition) is 5. The van der Waals surface area contributed by atoms with E-state index in [9.17, 15) is 9.59 Å². The number of hydrogen-bond donors (Lipinski definition) is 1. The summed E-state index contributed by atoms with van der Waals surface area (Å²) in [5, 5.41) is 8.47. The maximum atomic E-state index is 13.3. The molecule has 0 radical (unpaired) electrons. The minimum atomic E-state index is -0.641. The predicted octanol–water partition coefficient (Wildman–Crippen LogP) is 6.15. The maximum absolute atomic E-state index is 13.3. The smallest absolute Gasteiger partial charge is 0.339 e. The van der Waals surface area contributed by atoms with Crippen molar-refractivity contribution in [3.05, 3.63) is 107 Å². The molecule has 3 aromatic carbocycles. The van der Waals surface area contributed by atoms with E-state index in [1.165, 1.54) is 0 Å². The molecular weight excluding hydrogens is 488 g/mol. The number of nitrogens with one attached hydrogen (secondary N) is 1. The number of carbonyl (C=O) groups excluding carboxylic acids is 2. The monoisotopic (exact) mass is 510 g/mol. The summed E-state index contributed by atoms with van der Waals surface area (Å²) in [6, 6.07) is 26.0. The third kappa shape index (κ3) is 5.08. The van der Waals surface area contributed by atoms with Crippen LogP contribution in [0.1, 0.15) is 21.6 Å². The van der Waals surface area contributed by atoms with Gasteiger partial charge in [0.2, 0.25) is 0 Å². The van der Waals surface area contributed by atoms with Crippen LogP contribution in [0.15, 0.2) is 84.9 Å². The zero-order chi connectivity index (χ0) is 25.9. The molecule has 0 aliphatic carbocycles. The predicted molar refractivity (Wildman–Crippen MR) is 144 cm³/mol. The zero-order valence-corrected chi connectivity index (χ0v) is 21.0. The summed E-state index contributed by atoms with van der Waals surface area (Å²) >= 11 is 6.04. The van der Waals surface area contributed by atoms with E-state index in [0.29, 0.717) is 33.1 Å². The molecule has 5 aromatic rings. The standard InChI is InChI=1S/C29H23ClN4O3/c1-18-13-14-21(30)15-24(18)31-26(35)17-37-29(36)23-16-25(20-9-5-3-6-10-20)32-28-27(23)19(2)33-34(28)22-11-7-4-8-12-22/h3-16H,17H2,1-2H3,(H,31,35). The summed E-state index contributed by atoms with van der Waals surface area (Å²) in [6.45, 7) is 3.21. The van der Waals surface area contributed by atoms with Gasteiger partial charge in [-0.2, -0.15) is 5.10 Å². The van der Waals surface area contributed by atoms with Crippen LogP contribution < -0.4 is 5.32 Å². The number of fused-ring (bicyclic) bond motifs is 1. The molecule has 0 bridgehead atoms. The van der Waals surface area contributed by atoms with Gasteiger partial charge in [0.1, 0.15) is 0 Å². The number of benzene rings is 3. The number of amides is 1. The van der Waals surface area contributed by atoms with Crippen LogP contribution in [0.3, 0.4) is 0 Å². The molecule has 0 unspecified atom stereocenters. The summed E-state index contributed by atoms with van der Waals surface area (Å²) in [4.78, 5) is 30.7. The van der Waals surface area contributed by atoms with Crippen LogP contribution in [-0.2, 0) is 9.53 Å². The van der Waals surface area contributed by atoms with Crippen molar-refractivity contribution in [3.8, 4) is 16.9 Å². The van der Waals surface area contributed by atoms with E-state index in [1.807, 2.05) is 74.5 Å². The van der Waals surface area contributed by atoms with E-state index in [-0.39, 0.29) is 5.56 Å². The lowest BCUT2D eigenvalue weighted by Crippen LogP contribution is -2.21. The first-order valence-electron chi connectivity index (χ1n) is 11.6. The van der Waals surface area contributed by atoms with Gasteiger partial charge in [-0.1, -0.05) is 66.2 Å². The summed E-state index contributed by atoms with van der Waals surface area (Å²) in [6.07, 6.45) is 0. The average molecular weight is 511 g/mol. The van der Waals surface area contributed by atoms with Crippen molar-refractivity contribution in [3.63, 3.8) is 0 Å². The Balaban J connectivity index is 1.50. The highest BCUT2D eigenvalue weighted by atomic mass is 35.5. The SMILES string of the molecule is Cc1ccc(Cl)cc1NC(=O)COC(=O)c1cc(-c2ccccc2)nc2c1c(C)nn2-c1ccccc1. The fraction of sp³-hybridized carbons (Fsp3) is 0.103. The van der Waals surface area contributed by atoms with Gasteiger partial charge in [0.15, 0.2) is 12.3 Å². The van der Waals surface area contributed by atoms with E-state index < -0.39 is 18.5 Å². The number of aromatic nitrogens is 3. The van der Waals surface area contributed by atoms with Crippen molar-refractivity contribution < 1.29 is 14.3 Å². The second-order valence-corrected chi connectivity index (χ2v) is 8.97. The van der Waals surface area contributed by atoms with E-state index in [0.717, 1.165) is 16.8 Å². The van der Waals surface area contributed by atoms with Crippen LogP contribution in [0.5, 0.6) is 0 Å². The highest BCUT2D eigenvalue weighted by Gasteiger charge is 2.22. The normalized spacial score (nSPS) is 10.9. The minimum absolute atomic E-state index is 0.287. The van der Waals surface area contributed by atoms with Crippen LogP contribution in [0.4, 0.5) is 5.69 Å². The fourth-order valence-corrected chi connectivity index (χ4v) is 4.25. The molecule has 8 heteroatoms. The third-order valence-corrected chi connectivity index (χ3v) is 6.15. The quantitative estimate of drug-likeness (QED) is 0.277. The van der Waals surface area contributed by atoms with Gasteiger partial charge in [0.05, 0.1) is 28.0 Å². The lowest BCUT2D eigenvalue weighted by Gasteiger charge is -2.11. The Morgan fingerprint density at radius 1 is 0.946 bits per heavy atom. The summed E-state index contributed by atoms with van der Waals surface area (Å²) in [5.41, 5.74) is 5.09. The molecule has 0 spiro atoms. The number of para-hydroxylation sites is 1. The third-order valence-electron chi connectivity index (χ3n) is 5.91. The van der Waals surface area contributed by atoms with Gasteiger partial charge in [-0.05, 0) is 49.7 Å². The second-order valence-electron chi connectivity index (χ2n) is 8.54. The van der Waals surface area contributed by atoms with Crippen LogP contribution in [0.25, 0.3) is 28.0 Å². The number of ether oxygens (including phenoxy) is 1. The molecule has 184 valence electrons. The average Bonchev–Trinajstić information content (AvgIpc) is 3.26. The Labute approximate surface area is 218 Å². The molecule has 2 heterocycles.